The van der Waals surface area contributed by atoms with Gasteiger partial charge >= 0.3 is 0 Å². The zero-order valence-electron chi connectivity index (χ0n) is 21.5. The van der Waals surface area contributed by atoms with E-state index < -0.39 is 5.60 Å². The fourth-order valence-electron chi connectivity index (χ4n) is 5.93. The molecule has 4 heteroatoms. The zero-order valence-corrected chi connectivity index (χ0v) is 21.5. The van der Waals surface area contributed by atoms with Crippen molar-refractivity contribution in [2.75, 3.05) is 0 Å². The van der Waals surface area contributed by atoms with Crippen molar-refractivity contribution in [2.45, 2.75) is 38.7 Å². The summed E-state index contributed by atoms with van der Waals surface area (Å²) in [5, 5.41) is 10.8. The number of hydrogen-bond acceptors (Lipinski definition) is 2. The predicted octanol–water partition coefficient (Wildman–Crippen LogP) is 7.80. The minimum atomic E-state index is -0.467. The van der Waals surface area contributed by atoms with Gasteiger partial charge in [-0.05, 0) is 78.1 Å². The number of allylic oxidation sites excluding steroid dienone is 3. The maximum Gasteiger partial charge on any atom is 0.265 e. The van der Waals surface area contributed by atoms with Crippen LogP contribution in [-0.2, 0) is 17.6 Å². The second kappa shape index (κ2) is 9.25. The van der Waals surface area contributed by atoms with Crippen LogP contribution in [0.1, 0.15) is 34.4 Å². The van der Waals surface area contributed by atoms with Crippen LogP contribution in [0.2, 0.25) is 0 Å². The average molecular weight is 494 g/mol. The van der Waals surface area contributed by atoms with E-state index in [0.717, 1.165) is 29.7 Å². The van der Waals surface area contributed by atoms with Crippen molar-refractivity contribution in [3.05, 3.63) is 141 Å². The lowest BCUT2D eigenvalue weighted by Crippen LogP contribution is -2.36. The molecular weight excluding hydrogens is 466 g/mol. The fourth-order valence-corrected chi connectivity index (χ4v) is 5.93. The standard InChI is InChI=1S/C34H27N3O/c1-23-24(2)37(29-11-5-4-6-12-29)33-16-14-25(17-31(23)33)13-15-30-18-28(32(22-35)36-3)21-34(38-30)19-26-9-7-8-10-27(26)20-34/h4-18H,19-21H2,1-2H3/b15-13+,32-28-. The maximum atomic E-state index is 9.60. The Morgan fingerprint density at radius 3 is 2.37 bits per heavy atom. The SMILES string of the molecule is [C-]#[N+]/C(C#N)=C1C=C(/C=C/c2ccc3c(c2)c(C)c(C)n3-c2ccccc2)OC2(C/1)Cc1ccccc1C2. The third-order valence-electron chi connectivity index (χ3n) is 7.83. The zero-order chi connectivity index (χ0) is 26.3. The van der Waals surface area contributed by atoms with Crippen molar-refractivity contribution >= 4 is 17.0 Å². The molecule has 0 amide bonds. The Bertz CT molecular complexity index is 1710. The van der Waals surface area contributed by atoms with Crippen LogP contribution >= 0.6 is 0 Å². The first-order chi connectivity index (χ1) is 18.5. The Hall–Kier alpha value is -4.80. The number of para-hydroxylation sites is 1. The molecular formula is C34H27N3O. The highest BCUT2D eigenvalue weighted by molar-refractivity contribution is 5.89. The average Bonchev–Trinajstić information content (AvgIpc) is 3.41. The molecule has 0 saturated heterocycles. The van der Waals surface area contributed by atoms with Crippen molar-refractivity contribution in [3.8, 4) is 11.8 Å². The summed E-state index contributed by atoms with van der Waals surface area (Å²) in [4.78, 5) is 3.51. The first-order valence-electron chi connectivity index (χ1n) is 12.8. The lowest BCUT2D eigenvalue weighted by atomic mass is 9.87. The number of hydrogen-bond donors (Lipinski definition) is 0. The highest BCUT2D eigenvalue weighted by atomic mass is 16.5. The van der Waals surface area contributed by atoms with Crippen LogP contribution in [-0.4, -0.2) is 10.2 Å². The molecule has 0 fully saturated rings. The van der Waals surface area contributed by atoms with Crippen LogP contribution < -0.4 is 0 Å². The lowest BCUT2D eigenvalue weighted by Gasteiger charge is -2.35. The lowest BCUT2D eigenvalue weighted by molar-refractivity contribution is 0.0108. The van der Waals surface area contributed by atoms with Crippen LogP contribution in [0.25, 0.3) is 27.5 Å². The van der Waals surface area contributed by atoms with Gasteiger partial charge < -0.3 is 9.30 Å². The van der Waals surface area contributed by atoms with Gasteiger partial charge in [-0.2, -0.15) is 0 Å². The van der Waals surface area contributed by atoms with E-state index in [1.54, 1.807) is 0 Å². The van der Waals surface area contributed by atoms with Gasteiger partial charge in [-0.15, -0.1) is 0 Å². The minimum Gasteiger partial charge on any atom is -0.486 e. The van der Waals surface area contributed by atoms with Crippen LogP contribution in [0.4, 0.5) is 0 Å². The van der Waals surface area contributed by atoms with Crippen molar-refractivity contribution in [3.63, 3.8) is 0 Å². The number of ether oxygens (including phenoxy) is 1. The van der Waals surface area contributed by atoms with Gasteiger partial charge in [-0.25, -0.2) is 10.1 Å². The number of fused-ring (bicyclic) bond motifs is 2. The Morgan fingerprint density at radius 2 is 1.68 bits per heavy atom. The van der Waals surface area contributed by atoms with Crippen LogP contribution in [0, 0.1) is 31.8 Å². The molecule has 184 valence electrons. The van der Waals surface area contributed by atoms with Gasteiger partial charge in [-0.3, -0.25) is 0 Å². The highest BCUT2D eigenvalue weighted by Gasteiger charge is 2.42. The normalized spacial score (nSPS) is 17.1. The van der Waals surface area contributed by atoms with Gasteiger partial charge in [0.15, 0.2) is 0 Å². The molecule has 6 rings (SSSR count). The number of nitriles is 1. The van der Waals surface area contributed by atoms with Crippen molar-refractivity contribution in [1.29, 1.82) is 5.26 Å². The van der Waals surface area contributed by atoms with Crippen LogP contribution in [0.3, 0.4) is 0 Å². The Balaban J connectivity index is 1.36. The molecule has 3 aromatic carbocycles. The molecule has 2 heterocycles. The van der Waals surface area contributed by atoms with E-state index in [2.05, 4.69) is 102 Å². The molecule has 2 aliphatic rings. The summed E-state index contributed by atoms with van der Waals surface area (Å²) in [6.45, 7) is 11.9. The second-order valence-corrected chi connectivity index (χ2v) is 10.2. The third kappa shape index (κ3) is 4.01. The molecule has 1 spiro atoms. The molecule has 0 saturated carbocycles. The number of nitrogens with zero attached hydrogens (tertiary/aromatic N) is 3. The highest BCUT2D eigenvalue weighted by Crippen LogP contribution is 2.43. The van der Waals surface area contributed by atoms with Crippen LogP contribution in [0.15, 0.2) is 102 Å². The quantitative estimate of drug-likeness (QED) is 0.216. The van der Waals surface area contributed by atoms with Gasteiger partial charge in [0.25, 0.3) is 5.70 Å². The van der Waals surface area contributed by atoms with E-state index in [0.29, 0.717) is 12.2 Å². The maximum absolute atomic E-state index is 9.60. The van der Waals surface area contributed by atoms with E-state index in [9.17, 15) is 5.26 Å². The fraction of sp³-hybridized carbons (Fsp3) is 0.176. The Morgan fingerprint density at radius 1 is 0.974 bits per heavy atom. The summed E-state index contributed by atoms with van der Waals surface area (Å²) in [5.74, 6) is 0.685. The van der Waals surface area contributed by atoms with Gasteiger partial charge in [0, 0.05) is 36.0 Å². The second-order valence-electron chi connectivity index (χ2n) is 10.2. The first kappa shape index (κ1) is 23.6. The summed E-state index contributed by atoms with van der Waals surface area (Å²) in [7, 11) is 0. The van der Waals surface area contributed by atoms with Gasteiger partial charge in [0.05, 0.1) is 18.2 Å². The Labute approximate surface area is 223 Å². The molecule has 1 aromatic heterocycles. The minimum absolute atomic E-state index is 0.143. The molecule has 4 aromatic rings. The molecule has 0 atom stereocenters. The summed E-state index contributed by atoms with van der Waals surface area (Å²) in [6.07, 6.45) is 7.99. The van der Waals surface area contributed by atoms with Crippen molar-refractivity contribution < 1.29 is 4.74 Å². The third-order valence-corrected chi connectivity index (χ3v) is 7.83. The number of benzene rings is 3. The van der Waals surface area contributed by atoms with Crippen LogP contribution in [0.5, 0.6) is 0 Å². The topological polar surface area (TPSA) is 42.3 Å². The summed E-state index contributed by atoms with van der Waals surface area (Å²) >= 11 is 0. The van der Waals surface area contributed by atoms with E-state index in [1.807, 2.05) is 18.2 Å². The monoisotopic (exact) mass is 493 g/mol. The van der Waals surface area contributed by atoms with E-state index >= 15 is 0 Å². The van der Waals surface area contributed by atoms with Gasteiger partial charge in [0.2, 0.25) is 0 Å². The van der Waals surface area contributed by atoms with Gasteiger partial charge in [0.1, 0.15) is 11.4 Å². The number of rotatable bonds is 3. The molecule has 38 heavy (non-hydrogen) atoms. The molecule has 0 unspecified atom stereocenters. The van der Waals surface area contributed by atoms with Gasteiger partial charge in [-0.1, -0.05) is 54.6 Å². The number of aromatic nitrogens is 1. The van der Waals surface area contributed by atoms with Crippen molar-refractivity contribution in [1.82, 2.24) is 4.57 Å². The molecule has 1 aliphatic heterocycles. The molecule has 1 aliphatic carbocycles. The molecule has 0 bridgehead atoms. The largest absolute Gasteiger partial charge is 0.486 e. The molecule has 4 nitrogen and oxygen atoms in total. The summed E-state index contributed by atoms with van der Waals surface area (Å²) in [5.41, 5.74) is 8.87. The Kier molecular flexibility index (Phi) is 5.74. The first-order valence-corrected chi connectivity index (χ1v) is 12.8. The molecule has 0 N–H and O–H groups in total. The smallest absolute Gasteiger partial charge is 0.265 e. The summed E-state index contributed by atoms with van der Waals surface area (Å²) in [6, 6.07) is 27.4. The van der Waals surface area contributed by atoms with E-state index in [1.165, 1.54) is 33.3 Å². The number of aryl methyl sites for hydroxylation is 1. The van der Waals surface area contributed by atoms with E-state index in [-0.39, 0.29) is 5.70 Å². The predicted molar refractivity (Wildman–Crippen MR) is 151 cm³/mol. The van der Waals surface area contributed by atoms with E-state index in [4.69, 9.17) is 11.3 Å². The van der Waals surface area contributed by atoms with Crippen molar-refractivity contribution in [2.24, 2.45) is 0 Å². The summed E-state index contributed by atoms with van der Waals surface area (Å²) < 4.78 is 8.93. The molecule has 0 radical (unpaired) electrons.